The highest BCUT2D eigenvalue weighted by Gasteiger charge is 2.16. The van der Waals surface area contributed by atoms with Crippen molar-refractivity contribution in [2.24, 2.45) is 11.5 Å². The number of benzene rings is 1. The lowest BCUT2D eigenvalue weighted by Gasteiger charge is -2.22. The van der Waals surface area contributed by atoms with E-state index in [9.17, 15) is 0 Å². The second-order valence-corrected chi connectivity index (χ2v) is 5.51. The zero-order valence-electron chi connectivity index (χ0n) is 10.9. The molecule has 4 N–H and O–H groups in total. The smallest absolute Gasteiger partial charge is 0.0309 e. The van der Waals surface area contributed by atoms with Crippen LogP contribution in [0, 0.1) is 6.92 Å². The molecule has 0 saturated heterocycles. The molecule has 0 aliphatic carbocycles. The van der Waals surface area contributed by atoms with Crippen LogP contribution in [-0.4, -0.2) is 6.54 Å². The second kappa shape index (κ2) is 4.98. The zero-order valence-corrected chi connectivity index (χ0v) is 10.9. The molecule has 16 heavy (non-hydrogen) atoms. The number of rotatable bonds is 3. The van der Waals surface area contributed by atoms with Crippen molar-refractivity contribution in [1.29, 1.82) is 0 Å². The van der Waals surface area contributed by atoms with Crippen LogP contribution in [0.15, 0.2) is 18.2 Å². The molecule has 0 aliphatic heterocycles. The first kappa shape index (κ1) is 13.2. The van der Waals surface area contributed by atoms with Gasteiger partial charge in [0.05, 0.1) is 0 Å². The van der Waals surface area contributed by atoms with Crippen molar-refractivity contribution in [3.05, 3.63) is 34.9 Å². The molecule has 1 unspecified atom stereocenters. The standard InChI is InChI=1S/C14H24N2/c1-10-5-6-11(14(2,3)4)9-12(10)13(16)7-8-15/h5-6,9,13H,7-8,15-16H2,1-4H3. The van der Waals surface area contributed by atoms with Gasteiger partial charge in [0.2, 0.25) is 0 Å². The lowest BCUT2D eigenvalue weighted by Crippen LogP contribution is -2.18. The van der Waals surface area contributed by atoms with Gasteiger partial charge < -0.3 is 11.5 Å². The van der Waals surface area contributed by atoms with Gasteiger partial charge in [-0.15, -0.1) is 0 Å². The van der Waals surface area contributed by atoms with E-state index >= 15 is 0 Å². The summed E-state index contributed by atoms with van der Waals surface area (Å²) in [4.78, 5) is 0. The van der Waals surface area contributed by atoms with Crippen LogP contribution < -0.4 is 11.5 Å². The molecule has 0 fully saturated rings. The van der Waals surface area contributed by atoms with Crippen molar-refractivity contribution in [2.45, 2.75) is 45.6 Å². The van der Waals surface area contributed by atoms with E-state index in [1.54, 1.807) is 0 Å². The average Bonchev–Trinajstić information content (AvgIpc) is 2.16. The van der Waals surface area contributed by atoms with Gasteiger partial charge in [0.15, 0.2) is 0 Å². The fourth-order valence-corrected chi connectivity index (χ4v) is 1.84. The van der Waals surface area contributed by atoms with E-state index in [1.807, 2.05) is 0 Å². The van der Waals surface area contributed by atoms with Gasteiger partial charge in [0, 0.05) is 6.04 Å². The Balaban J connectivity index is 3.09. The fraction of sp³-hybridized carbons (Fsp3) is 0.571. The predicted molar refractivity (Wildman–Crippen MR) is 70.5 cm³/mol. The Hall–Kier alpha value is -0.860. The molecule has 0 radical (unpaired) electrons. The van der Waals surface area contributed by atoms with Crippen molar-refractivity contribution in [2.75, 3.05) is 6.54 Å². The summed E-state index contributed by atoms with van der Waals surface area (Å²) in [5, 5.41) is 0. The Labute approximate surface area is 99.0 Å². The minimum absolute atomic E-state index is 0.0623. The monoisotopic (exact) mass is 220 g/mol. The summed E-state index contributed by atoms with van der Waals surface area (Å²) in [6, 6.07) is 6.64. The Morgan fingerprint density at radius 2 is 1.88 bits per heavy atom. The van der Waals surface area contributed by atoms with Crippen LogP contribution in [0.4, 0.5) is 0 Å². The molecule has 0 aliphatic rings. The molecule has 90 valence electrons. The second-order valence-electron chi connectivity index (χ2n) is 5.51. The molecule has 0 spiro atoms. The van der Waals surface area contributed by atoms with E-state index in [4.69, 9.17) is 11.5 Å². The molecule has 1 aromatic carbocycles. The van der Waals surface area contributed by atoms with Crippen LogP contribution in [0.5, 0.6) is 0 Å². The molecule has 2 nitrogen and oxygen atoms in total. The third kappa shape index (κ3) is 3.06. The Morgan fingerprint density at radius 1 is 1.25 bits per heavy atom. The van der Waals surface area contributed by atoms with Crippen LogP contribution in [0.3, 0.4) is 0 Å². The quantitative estimate of drug-likeness (QED) is 0.822. The Morgan fingerprint density at radius 3 is 2.38 bits per heavy atom. The summed E-state index contributed by atoms with van der Waals surface area (Å²) >= 11 is 0. The Kier molecular flexibility index (Phi) is 4.11. The summed E-state index contributed by atoms with van der Waals surface area (Å²) < 4.78 is 0. The van der Waals surface area contributed by atoms with Gasteiger partial charge in [-0.25, -0.2) is 0 Å². The first-order chi connectivity index (χ1) is 7.36. The van der Waals surface area contributed by atoms with Crippen molar-refractivity contribution in [1.82, 2.24) is 0 Å². The zero-order chi connectivity index (χ0) is 12.3. The van der Waals surface area contributed by atoms with E-state index in [0.29, 0.717) is 6.54 Å². The molecular weight excluding hydrogens is 196 g/mol. The Bertz CT molecular complexity index is 350. The van der Waals surface area contributed by atoms with Crippen molar-refractivity contribution in [3.8, 4) is 0 Å². The SMILES string of the molecule is Cc1ccc(C(C)(C)C)cc1C(N)CCN. The van der Waals surface area contributed by atoms with Gasteiger partial charge in [0.25, 0.3) is 0 Å². The van der Waals surface area contributed by atoms with E-state index < -0.39 is 0 Å². The number of hydrogen-bond donors (Lipinski definition) is 2. The largest absolute Gasteiger partial charge is 0.330 e. The number of hydrogen-bond acceptors (Lipinski definition) is 2. The molecule has 2 heteroatoms. The molecule has 1 atom stereocenters. The summed E-state index contributed by atoms with van der Waals surface area (Å²) in [6.45, 7) is 9.40. The molecule has 1 aromatic rings. The molecule has 0 heterocycles. The third-order valence-corrected chi connectivity index (χ3v) is 3.02. The van der Waals surface area contributed by atoms with Crippen LogP contribution in [-0.2, 0) is 5.41 Å². The highest BCUT2D eigenvalue weighted by atomic mass is 14.7. The van der Waals surface area contributed by atoms with Gasteiger partial charge in [0.1, 0.15) is 0 Å². The van der Waals surface area contributed by atoms with Crippen molar-refractivity contribution >= 4 is 0 Å². The molecule has 0 amide bonds. The molecule has 0 saturated carbocycles. The maximum absolute atomic E-state index is 6.14. The fourth-order valence-electron chi connectivity index (χ4n) is 1.84. The van der Waals surface area contributed by atoms with Crippen LogP contribution >= 0.6 is 0 Å². The molecule has 0 bridgehead atoms. The number of aryl methyl sites for hydroxylation is 1. The highest BCUT2D eigenvalue weighted by Crippen LogP contribution is 2.27. The van der Waals surface area contributed by atoms with Gasteiger partial charge in [-0.1, -0.05) is 39.0 Å². The third-order valence-electron chi connectivity index (χ3n) is 3.02. The summed E-state index contributed by atoms with van der Waals surface area (Å²) in [7, 11) is 0. The summed E-state index contributed by atoms with van der Waals surface area (Å²) in [5.41, 5.74) is 15.7. The lowest BCUT2D eigenvalue weighted by atomic mass is 9.84. The van der Waals surface area contributed by atoms with E-state index in [-0.39, 0.29) is 11.5 Å². The first-order valence-electron chi connectivity index (χ1n) is 5.93. The predicted octanol–water partition coefficient (Wildman–Crippen LogP) is 2.64. The van der Waals surface area contributed by atoms with Crippen LogP contribution in [0.1, 0.15) is 49.9 Å². The summed E-state index contributed by atoms with van der Waals surface area (Å²) in [5.74, 6) is 0. The number of nitrogens with two attached hydrogens (primary N) is 2. The van der Waals surface area contributed by atoms with E-state index in [2.05, 4.69) is 45.9 Å². The lowest BCUT2D eigenvalue weighted by molar-refractivity contribution is 0.585. The van der Waals surface area contributed by atoms with E-state index in [0.717, 1.165) is 6.42 Å². The van der Waals surface area contributed by atoms with E-state index in [1.165, 1.54) is 16.7 Å². The van der Waals surface area contributed by atoms with Crippen molar-refractivity contribution in [3.63, 3.8) is 0 Å². The minimum atomic E-state index is 0.0623. The molecular formula is C14H24N2. The average molecular weight is 220 g/mol. The van der Waals surface area contributed by atoms with Gasteiger partial charge in [-0.05, 0) is 42.0 Å². The van der Waals surface area contributed by atoms with Crippen LogP contribution in [0.25, 0.3) is 0 Å². The van der Waals surface area contributed by atoms with Gasteiger partial charge >= 0.3 is 0 Å². The van der Waals surface area contributed by atoms with Crippen molar-refractivity contribution < 1.29 is 0 Å². The molecule has 0 aromatic heterocycles. The highest BCUT2D eigenvalue weighted by molar-refractivity contribution is 5.36. The van der Waals surface area contributed by atoms with Gasteiger partial charge in [-0.3, -0.25) is 0 Å². The minimum Gasteiger partial charge on any atom is -0.330 e. The summed E-state index contributed by atoms with van der Waals surface area (Å²) in [6.07, 6.45) is 0.842. The van der Waals surface area contributed by atoms with Gasteiger partial charge in [-0.2, -0.15) is 0 Å². The molecule has 1 rings (SSSR count). The topological polar surface area (TPSA) is 52.0 Å². The normalized spacial score (nSPS) is 13.9. The van der Waals surface area contributed by atoms with Crippen LogP contribution in [0.2, 0.25) is 0 Å². The first-order valence-corrected chi connectivity index (χ1v) is 5.93. The maximum atomic E-state index is 6.14. The maximum Gasteiger partial charge on any atom is 0.0309 e.